The number of ether oxygens (including phenoxy) is 1. The summed E-state index contributed by atoms with van der Waals surface area (Å²) in [6.45, 7) is 3.55. The van der Waals surface area contributed by atoms with E-state index < -0.39 is 0 Å². The Morgan fingerprint density at radius 1 is 1.39 bits per heavy atom. The third-order valence-corrected chi connectivity index (χ3v) is 3.89. The lowest BCUT2D eigenvalue weighted by Gasteiger charge is -2.15. The van der Waals surface area contributed by atoms with Crippen molar-refractivity contribution in [1.82, 2.24) is 9.88 Å². The molecule has 2 aliphatic rings. The first kappa shape index (κ1) is 11.8. The molecule has 1 aliphatic heterocycles. The zero-order valence-electron chi connectivity index (χ0n) is 10.9. The first-order valence-corrected chi connectivity index (χ1v) is 6.84. The Balaban J connectivity index is 1.48. The van der Waals surface area contributed by atoms with E-state index in [4.69, 9.17) is 4.74 Å². The van der Waals surface area contributed by atoms with Crippen LogP contribution in [0.3, 0.4) is 0 Å². The number of hydrogen-bond acceptors (Lipinski definition) is 4. The fraction of sp³-hybridized carbons (Fsp3) is 0.643. The summed E-state index contributed by atoms with van der Waals surface area (Å²) in [7, 11) is 1.65. The average Bonchev–Trinajstić information content (AvgIpc) is 3.16. The van der Waals surface area contributed by atoms with Crippen molar-refractivity contribution in [3.63, 3.8) is 0 Å². The summed E-state index contributed by atoms with van der Waals surface area (Å²) in [4.78, 5) is 7.02. The van der Waals surface area contributed by atoms with Gasteiger partial charge in [-0.05, 0) is 37.8 Å². The lowest BCUT2D eigenvalue weighted by Crippen LogP contribution is -2.24. The van der Waals surface area contributed by atoms with Crippen molar-refractivity contribution in [3.8, 4) is 5.88 Å². The van der Waals surface area contributed by atoms with Crippen LogP contribution in [0.2, 0.25) is 0 Å². The molecule has 1 saturated heterocycles. The number of aromatic nitrogens is 1. The van der Waals surface area contributed by atoms with E-state index in [1.54, 1.807) is 7.11 Å². The molecule has 2 fully saturated rings. The van der Waals surface area contributed by atoms with Gasteiger partial charge in [-0.3, -0.25) is 0 Å². The molecule has 4 nitrogen and oxygen atoms in total. The van der Waals surface area contributed by atoms with Crippen LogP contribution in [0.4, 0.5) is 5.82 Å². The van der Waals surface area contributed by atoms with E-state index in [1.165, 1.54) is 32.4 Å². The molecule has 0 aromatic carbocycles. The Kier molecular flexibility index (Phi) is 3.37. The normalized spacial score (nSPS) is 24.2. The van der Waals surface area contributed by atoms with E-state index in [9.17, 15) is 0 Å². The van der Waals surface area contributed by atoms with Crippen LogP contribution in [0, 0.1) is 5.92 Å². The van der Waals surface area contributed by atoms with Crippen LogP contribution < -0.4 is 10.1 Å². The molecule has 0 amide bonds. The van der Waals surface area contributed by atoms with E-state index in [1.807, 2.05) is 18.2 Å². The first-order chi connectivity index (χ1) is 8.85. The molecule has 18 heavy (non-hydrogen) atoms. The van der Waals surface area contributed by atoms with E-state index in [0.29, 0.717) is 5.88 Å². The number of methoxy groups -OCH3 is 1. The fourth-order valence-corrected chi connectivity index (χ4v) is 2.68. The maximum Gasteiger partial charge on any atom is 0.214 e. The summed E-state index contributed by atoms with van der Waals surface area (Å²) in [5.41, 5.74) is 0. The summed E-state index contributed by atoms with van der Waals surface area (Å²) in [6.07, 6.45) is 4.14. The minimum Gasteiger partial charge on any atom is -0.481 e. The van der Waals surface area contributed by atoms with Crippen LogP contribution in [0.25, 0.3) is 0 Å². The molecule has 0 spiro atoms. The lowest BCUT2D eigenvalue weighted by atomic mass is 10.1. The summed E-state index contributed by atoms with van der Waals surface area (Å²) < 4.78 is 5.12. The van der Waals surface area contributed by atoms with Gasteiger partial charge in [0.1, 0.15) is 5.82 Å². The van der Waals surface area contributed by atoms with Crippen molar-refractivity contribution in [3.05, 3.63) is 18.2 Å². The monoisotopic (exact) mass is 247 g/mol. The highest BCUT2D eigenvalue weighted by atomic mass is 16.5. The summed E-state index contributed by atoms with van der Waals surface area (Å²) in [6, 6.07) is 6.75. The van der Waals surface area contributed by atoms with Crippen molar-refractivity contribution >= 4 is 5.82 Å². The Labute approximate surface area is 108 Å². The summed E-state index contributed by atoms with van der Waals surface area (Å²) in [5.74, 6) is 2.35. The maximum atomic E-state index is 5.12. The molecule has 0 radical (unpaired) electrons. The molecule has 1 unspecified atom stereocenters. The number of rotatable bonds is 5. The van der Waals surface area contributed by atoms with Crippen LogP contribution in [0.5, 0.6) is 5.88 Å². The molecule has 1 N–H and O–H groups in total. The third-order valence-electron chi connectivity index (χ3n) is 3.89. The number of pyridine rings is 1. The summed E-state index contributed by atoms with van der Waals surface area (Å²) in [5, 5.41) is 3.42. The van der Waals surface area contributed by atoms with Crippen LogP contribution in [0.15, 0.2) is 18.2 Å². The number of nitrogens with zero attached hydrogens (tertiary/aromatic N) is 2. The topological polar surface area (TPSA) is 37.4 Å². The Morgan fingerprint density at radius 2 is 2.28 bits per heavy atom. The maximum absolute atomic E-state index is 5.12. The van der Waals surface area contributed by atoms with Gasteiger partial charge in [-0.1, -0.05) is 6.07 Å². The zero-order chi connectivity index (χ0) is 12.4. The van der Waals surface area contributed by atoms with Gasteiger partial charge in [-0.2, -0.15) is 4.98 Å². The van der Waals surface area contributed by atoms with E-state index in [-0.39, 0.29) is 0 Å². The van der Waals surface area contributed by atoms with Gasteiger partial charge in [0.15, 0.2) is 0 Å². The first-order valence-electron chi connectivity index (χ1n) is 6.84. The van der Waals surface area contributed by atoms with Gasteiger partial charge in [0, 0.05) is 25.2 Å². The fourth-order valence-electron chi connectivity index (χ4n) is 2.68. The SMILES string of the molecule is COc1cccc(NCC2CCN(C3CC3)C2)n1. The molecule has 1 aromatic heterocycles. The molecule has 1 aromatic rings. The lowest BCUT2D eigenvalue weighted by molar-refractivity contribution is 0.316. The smallest absolute Gasteiger partial charge is 0.214 e. The molecule has 4 heteroatoms. The van der Waals surface area contributed by atoms with Crippen LogP contribution in [-0.4, -0.2) is 42.7 Å². The third kappa shape index (κ3) is 2.75. The summed E-state index contributed by atoms with van der Waals surface area (Å²) >= 11 is 0. The van der Waals surface area contributed by atoms with Gasteiger partial charge in [-0.25, -0.2) is 0 Å². The number of anilines is 1. The molecular weight excluding hydrogens is 226 g/mol. The molecule has 3 rings (SSSR count). The van der Waals surface area contributed by atoms with Gasteiger partial charge in [0.2, 0.25) is 5.88 Å². The highest BCUT2D eigenvalue weighted by molar-refractivity contribution is 5.37. The van der Waals surface area contributed by atoms with Crippen LogP contribution >= 0.6 is 0 Å². The number of likely N-dealkylation sites (tertiary alicyclic amines) is 1. The number of hydrogen-bond donors (Lipinski definition) is 1. The van der Waals surface area contributed by atoms with E-state index in [2.05, 4.69) is 15.2 Å². The van der Waals surface area contributed by atoms with E-state index in [0.717, 1.165) is 24.3 Å². The van der Waals surface area contributed by atoms with E-state index >= 15 is 0 Å². The molecular formula is C14H21N3O. The van der Waals surface area contributed by atoms with Crippen molar-refractivity contribution < 1.29 is 4.74 Å². The minimum absolute atomic E-state index is 0.672. The predicted molar refractivity (Wildman–Crippen MR) is 72.0 cm³/mol. The van der Waals surface area contributed by atoms with Gasteiger partial charge in [0.25, 0.3) is 0 Å². The second kappa shape index (κ2) is 5.14. The van der Waals surface area contributed by atoms with Gasteiger partial charge in [0.05, 0.1) is 7.11 Å². The van der Waals surface area contributed by atoms with Crippen molar-refractivity contribution in [1.29, 1.82) is 0 Å². The van der Waals surface area contributed by atoms with Crippen LogP contribution in [0.1, 0.15) is 19.3 Å². The van der Waals surface area contributed by atoms with Gasteiger partial charge < -0.3 is 15.0 Å². The molecule has 98 valence electrons. The molecule has 1 atom stereocenters. The molecule has 1 saturated carbocycles. The van der Waals surface area contributed by atoms with Crippen molar-refractivity contribution in [2.24, 2.45) is 5.92 Å². The molecule has 1 aliphatic carbocycles. The molecule has 2 heterocycles. The predicted octanol–water partition coefficient (Wildman–Crippen LogP) is 1.99. The Morgan fingerprint density at radius 3 is 3.06 bits per heavy atom. The Hall–Kier alpha value is -1.29. The Bertz CT molecular complexity index is 406. The standard InChI is InChI=1S/C14H21N3O/c1-18-14-4-2-3-13(16-14)15-9-11-7-8-17(10-11)12-5-6-12/h2-4,11-12H,5-10H2,1H3,(H,15,16). The van der Waals surface area contributed by atoms with Gasteiger partial charge >= 0.3 is 0 Å². The second-order valence-electron chi connectivity index (χ2n) is 5.33. The van der Waals surface area contributed by atoms with Gasteiger partial charge in [-0.15, -0.1) is 0 Å². The van der Waals surface area contributed by atoms with Crippen LogP contribution in [-0.2, 0) is 0 Å². The largest absolute Gasteiger partial charge is 0.481 e. The number of nitrogens with one attached hydrogen (secondary N) is 1. The van der Waals surface area contributed by atoms with Crippen molar-refractivity contribution in [2.75, 3.05) is 32.1 Å². The average molecular weight is 247 g/mol. The second-order valence-corrected chi connectivity index (χ2v) is 5.33. The van der Waals surface area contributed by atoms with Crippen molar-refractivity contribution in [2.45, 2.75) is 25.3 Å². The zero-order valence-corrected chi connectivity index (χ0v) is 10.9. The highest BCUT2D eigenvalue weighted by Gasteiger charge is 2.34. The highest BCUT2D eigenvalue weighted by Crippen LogP contribution is 2.31. The minimum atomic E-state index is 0.672. The quantitative estimate of drug-likeness (QED) is 0.863. The molecule has 0 bridgehead atoms.